The van der Waals surface area contributed by atoms with E-state index in [0.717, 1.165) is 0 Å². The minimum atomic E-state index is -0.819. The van der Waals surface area contributed by atoms with E-state index in [9.17, 15) is 9.59 Å². The Balaban J connectivity index is 2.62. The number of nitrogens with one attached hydrogen (secondary N) is 1. The van der Waals surface area contributed by atoms with E-state index < -0.39 is 5.97 Å². The molecule has 0 bridgehead atoms. The fourth-order valence-electron chi connectivity index (χ4n) is 1.99. The Kier molecular flexibility index (Phi) is 5.73. The van der Waals surface area contributed by atoms with Crippen molar-refractivity contribution in [1.82, 2.24) is 10.5 Å². The Labute approximate surface area is 118 Å². The second-order valence-corrected chi connectivity index (χ2v) is 5.32. The Morgan fingerprint density at radius 3 is 2.55 bits per heavy atom. The highest BCUT2D eigenvalue weighted by Gasteiger charge is 2.23. The molecule has 6 heteroatoms. The van der Waals surface area contributed by atoms with Gasteiger partial charge in [0.2, 0.25) is 0 Å². The highest BCUT2D eigenvalue weighted by molar-refractivity contribution is 5.96. The lowest BCUT2D eigenvalue weighted by Crippen LogP contribution is -2.33. The summed E-state index contributed by atoms with van der Waals surface area (Å²) in [5.41, 5.74) is 1.06. The molecule has 0 aliphatic heterocycles. The number of hydrogen-bond acceptors (Lipinski definition) is 4. The number of carboxylic acid groups (broad SMARTS) is 1. The van der Waals surface area contributed by atoms with Gasteiger partial charge in [-0.05, 0) is 26.7 Å². The first-order valence-corrected chi connectivity index (χ1v) is 6.81. The van der Waals surface area contributed by atoms with Crippen LogP contribution in [0.5, 0.6) is 0 Å². The summed E-state index contributed by atoms with van der Waals surface area (Å²) in [6, 6.07) is -0.0869. The maximum Gasteiger partial charge on any atom is 0.303 e. The zero-order valence-corrected chi connectivity index (χ0v) is 12.4. The van der Waals surface area contributed by atoms with Crippen molar-refractivity contribution >= 4 is 11.9 Å². The van der Waals surface area contributed by atoms with Crippen LogP contribution in [0.25, 0.3) is 0 Å². The van der Waals surface area contributed by atoms with Crippen LogP contribution in [-0.2, 0) is 4.79 Å². The van der Waals surface area contributed by atoms with Gasteiger partial charge in [0, 0.05) is 18.4 Å². The van der Waals surface area contributed by atoms with Crippen LogP contribution in [-0.4, -0.2) is 28.2 Å². The lowest BCUT2D eigenvalue weighted by atomic mass is 10.0. The number of aryl methyl sites for hydroxylation is 1. The van der Waals surface area contributed by atoms with Gasteiger partial charge in [-0.25, -0.2) is 0 Å². The van der Waals surface area contributed by atoms with Gasteiger partial charge in [-0.1, -0.05) is 19.0 Å². The molecule has 2 N–H and O–H groups in total. The van der Waals surface area contributed by atoms with E-state index in [4.69, 9.17) is 9.63 Å². The molecule has 0 saturated heterocycles. The summed E-state index contributed by atoms with van der Waals surface area (Å²) in [5.74, 6) is -0.368. The van der Waals surface area contributed by atoms with Gasteiger partial charge in [0.15, 0.2) is 5.76 Å². The molecule has 0 aromatic carbocycles. The first-order chi connectivity index (χ1) is 9.32. The molecule has 1 amide bonds. The van der Waals surface area contributed by atoms with Gasteiger partial charge in [-0.15, -0.1) is 0 Å². The number of aliphatic carboxylic acids is 1. The first-order valence-electron chi connectivity index (χ1n) is 6.81. The lowest BCUT2D eigenvalue weighted by molar-refractivity contribution is -0.137. The molecule has 1 atom stereocenters. The molecule has 20 heavy (non-hydrogen) atoms. The monoisotopic (exact) mass is 282 g/mol. The summed E-state index contributed by atoms with van der Waals surface area (Å²) >= 11 is 0. The second-order valence-electron chi connectivity index (χ2n) is 5.32. The summed E-state index contributed by atoms with van der Waals surface area (Å²) in [6.07, 6.45) is 1.28. The Morgan fingerprint density at radius 2 is 2.00 bits per heavy atom. The number of hydrogen-bond donors (Lipinski definition) is 2. The maximum atomic E-state index is 12.2. The predicted molar refractivity (Wildman–Crippen MR) is 73.7 cm³/mol. The van der Waals surface area contributed by atoms with E-state index in [0.29, 0.717) is 29.9 Å². The molecule has 0 aliphatic carbocycles. The largest absolute Gasteiger partial charge is 0.481 e. The minimum absolute atomic E-state index is 0.0827. The van der Waals surface area contributed by atoms with Crippen LogP contribution in [0.4, 0.5) is 0 Å². The summed E-state index contributed by atoms with van der Waals surface area (Å²) in [7, 11) is 0. The zero-order chi connectivity index (χ0) is 15.3. The number of aromatic nitrogens is 1. The van der Waals surface area contributed by atoms with Gasteiger partial charge < -0.3 is 14.9 Å². The molecule has 0 saturated carbocycles. The molecule has 1 aromatic rings. The standard InChI is InChI=1S/C14H22N2O4/c1-8(2)13-12(10(4)16-20-13)14(19)15-9(3)6-5-7-11(17)18/h8-9H,5-7H2,1-4H3,(H,15,19)(H,17,18). The maximum absolute atomic E-state index is 12.2. The highest BCUT2D eigenvalue weighted by Crippen LogP contribution is 2.22. The van der Waals surface area contributed by atoms with Crippen molar-refractivity contribution in [2.75, 3.05) is 0 Å². The van der Waals surface area contributed by atoms with Crippen molar-refractivity contribution in [2.24, 2.45) is 0 Å². The fourth-order valence-corrected chi connectivity index (χ4v) is 1.99. The molecule has 1 rings (SSSR count). The molecule has 0 radical (unpaired) electrons. The molecular weight excluding hydrogens is 260 g/mol. The van der Waals surface area contributed by atoms with Crippen molar-refractivity contribution in [3.8, 4) is 0 Å². The number of carbonyl (C=O) groups is 2. The van der Waals surface area contributed by atoms with E-state index in [2.05, 4.69) is 10.5 Å². The van der Waals surface area contributed by atoms with Crippen LogP contribution in [0.2, 0.25) is 0 Å². The molecule has 6 nitrogen and oxygen atoms in total. The number of amides is 1. The lowest BCUT2D eigenvalue weighted by Gasteiger charge is -2.13. The van der Waals surface area contributed by atoms with E-state index in [-0.39, 0.29) is 24.3 Å². The third-order valence-electron chi connectivity index (χ3n) is 3.05. The third-order valence-corrected chi connectivity index (χ3v) is 3.05. The van der Waals surface area contributed by atoms with Crippen molar-refractivity contribution in [1.29, 1.82) is 0 Å². The Hall–Kier alpha value is -1.85. The third kappa shape index (κ3) is 4.36. The average molecular weight is 282 g/mol. The topological polar surface area (TPSA) is 92.4 Å². The van der Waals surface area contributed by atoms with Gasteiger partial charge in [0.25, 0.3) is 5.91 Å². The summed E-state index contributed by atoms with van der Waals surface area (Å²) in [5, 5.41) is 15.3. The van der Waals surface area contributed by atoms with Gasteiger partial charge in [-0.3, -0.25) is 9.59 Å². The van der Waals surface area contributed by atoms with Crippen LogP contribution in [0.3, 0.4) is 0 Å². The minimum Gasteiger partial charge on any atom is -0.481 e. The smallest absolute Gasteiger partial charge is 0.303 e. The van der Waals surface area contributed by atoms with Crippen LogP contribution in [0, 0.1) is 6.92 Å². The molecule has 112 valence electrons. The first kappa shape index (κ1) is 16.2. The SMILES string of the molecule is Cc1noc(C(C)C)c1C(=O)NC(C)CCCC(=O)O. The molecule has 0 fully saturated rings. The number of carboxylic acids is 1. The molecule has 1 heterocycles. The van der Waals surface area contributed by atoms with E-state index >= 15 is 0 Å². The fraction of sp³-hybridized carbons (Fsp3) is 0.643. The van der Waals surface area contributed by atoms with Crippen LogP contribution in [0.1, 0.15) is 67.8 Å². The van der Waals surface area contributed by atoms with Crippen LogP contribution in [0.15, 0.2) is 4.52 Å². The highest BCUT2D eigenvalue weighted by atomic mass is 16.5. The van der Waals surface area contributed by atoms with Gasteiger partial charge in [0.1, 0.15) is 5.56 Å². The van der Waals surface area contributed by atoms with Crippen LogP contribution >= 0.6 is 0 Å². The molecule has 1 unspecified atom stereocenters. The van der Waals surface area contributed by atoms with E-state index in [1.165, 1.54) is 0 Å². The van der Waals surface area contributed by atoms with Crippen molar-refractivity contribution in [3.63, 3.8) is 0 Å². The normalized spacial score (nSPS) is 12.4. The molecule has 0 spiro atoms. The molecule has 0 aliphatic rings. The molecular formula is C14H22N2O4. The van der Waals surface area contributed by atoms with Gasteiger partial charge in [-0.2, -0.15) is 0 Å². The van der Waals surface area contributed by atoms with Gasteiger partial charge in [0.05, 0.1) is 5.69 Å². The van der Waals surface area contributed by atoms with Gasteiger partial charge >= 0.3 is 5.97 Å². The summed E-state index contributed by atoms with van der Waals surface area (Å²) in [6.45, 7) is 7.47. The number of carbonyl (C=O) groups excluding carboxylic acids is 1. The van der Waals surface area contributed by atoms with Crippen molar-refractivity contribution in [2.45, 2.75) is 58.9 Å². The van der Waals surface area contributed by atoms with E-state index in [1.807, 2.05) is 20.8 Å². The second kappa shape index (κ2) is 7.07. The van der Waals surface area contributed by atoms with Crippen molar-refractivity contribution < 1.29 is 19.2 Å². The quantitative estimate of drug-likeness (QED) is 0.801. The number of rotatable bonds is 7. The predicted octanol–water partition coefficient (Wildman–Crippen LogP) is 2.48. The molecule has 1 aromatic heterocycles. The summed E-state index contributed by atoms with van der Waals surface area (Å²) in [4.78, 5) is 22.7. The average Bonchev–Trinajstić information content (AvgIpc) is 2.70. The number of nitrogens with zero attached hydrogens (tertiary/aromatic N) is 1. The van der Waals surface area contributed by atoms with E-state index in [1.54, 1.807) is 6.92 Å². The summed E-state index contributed by atoms with van der Waals surface area (Å²) < 4.78 is 5.18. The van der Waals surface area contributed by atoms with Crippen molar-refractivity contribution in [3.05, 3.63) is 17.0 Å². The van der Waals surface area contributed by atoms with Crippen LogP contribution < -0.4 is 5.32 Å². The Bertz CT molecular complexity index is 480. The zero-order valence-electron chi connectivity index (χ0n) is 12.4. The Morgan fingerprint density at radius 1 is 1.35 bits per heavy atom.